The van der Waals surface area contributed by atoms with E-state index in [1.807, 2.05) is 0 Å². The lowest BCUT2D eigenvalue weighted by Gasteiger charge is -2.39. The van der Waals surface area contributed by atoms with Crippen molar-refractivity contribution >= 4 is 5.71 Å². The molecule has 1 unspecified atom stereocenters. The molecule has 1 saturated carbocycles. The van der Waals surface area contributed by atoms with E-state index >= 15 is 0 Å². The molecule has 0 aromatic rings. The van der Waals surface area contributed by atoms with Crippen molar-refractivity contribution in [3.8, 4) is 0 Å². The molecule has 0 radical (unpaired) electrons. The largest absolute Gasteiger partial charge is 0.314 e. The Kier molecular flexibility index (Phi) is 3.06. The molecule has 0 aromatic carbocycles. The normalized spacial score (nSPS) is 31.6. The summed E-state index contributed by atoms with van der Waals surface area (Å²) < 4.78 is 0. The lowest BCUT2D eigenvalue weighted by molar-refractivity contribution is 0.200. The van der Waals surface area contributed by atoms with Crippen LogP contribution in [-0.2, 0) is 0 Å². The van der Waals surface area contributed by atoms with Crippen LogP contribution in [-0.4, -0.2) is 49.4 Å². The molecule has 2 heterocycles. The van der Waals surface area contributed by atoms with Gasteiger partial charge in [-0.05, 0) is 31.3 Å². The van der Waals surface area contributed by atoms with Gasteiger partial charge >= 0.3 is 0 Å². The highest BCUT2D eigenvalue weighted by atomic mass is 15.2. The van der Waals surface area contributed by atoms with Crippen molar-refractivity contribution in [1.82, 2.24) is 10.2 Å². The van der Waals surface area contributed by atoms with Crippen molar-refractivity contribution in [2.75, 3.05) is 32.7 Å². The molecule has 2 fully saturated rings. The van der Waals surface area contributed by atoms with E-state index in [1.54, 1.807) is 5.57 Å². The standard InChI is InChI=1S/C13H21N3/c1-3-11-4-2-6-15-13(11)12(5-1)16-9-7-14-8-10-16/h4,12,14H,1-3,5-10H2. The average Bonchev–Trinajstić information content (AvgIpc) is 2.39. The molecule has 0 amide bonds. The van der Waals surface area contributed by atoms with Gasteiger partial charge in [-0.3, -0.25) is 9.89 Å². The summed E-state index contributed by atoms with van der Waals surface area (Å²) in [6, 6.07) is 0.627. The molecule has 1 saturated heterocycles. The second-order valence-electron chi connectivity index (χ2n) is 4.98. The summed E-state index contributed by atoms with van der Waals surface area (Å²) in [4.78, 5) is 7.43. The third-order valence-corrected chi connectivity index (χ3v) is 3.96. The highest BCUT2D eigenvalue weighted by Crippen LogP contribution is 2.27. The first kappa shape index (κ1) is 10.5. The van der Waals surface area contributed by atoms with Gasteiger partial charge in [0.25, 0.3) is 0 Å². The van der Waals surface area contributed by atoms with E-state index in [0.717, 1.165) is 26.1 Å². The summed E-state index contributed by atoms with van der Waals surface area (Å²) in [6.07, 6.45) is 7.51. The molecular weight excluding hydrogens is 198 g/mol. The number of piperazine rings is 1. The molecule has 1 atom stereocenters. The Balaban J connectivity index is 1.77. The van der Waals surface area contributed by atoms with Crippen LogP contribution in [0.15, 0.2) is 16.6 Å². The van der Waals surface area contributed by atoms with E-state index in [9.17, 15) is 0 Å². The maximum atomic E-state index is 4.79. The zero-order valence-corrected chi connectivity index (χ0v) is 9.91. The molecule has 2 aliphatic heterocycles. The number of nitrogens with one attached hydrogen (secondary N) is 1. The Bertz CT molecular complexity index is 313. The number of hydrogen-bond acceptors (Lipinski definition) is 3. The second kappa shape index (κ2) is 4.68. The predicted molar refractivity (Wildman–Crippen MR) is 67.1 cm³/mol. The van der Waals surface area contributed by atoms with E-state index in [1.165, 1.54) is 38.1 Å². The summed E-state index contributed by atoms with van der Waals surface area (Å²) in [5, 5.41) is 3.43. The van der Waals surface area contributed by atoms with Gasteiger partial charge in [-0.15, -0.1) is 0 Å². The maximum absolute atomic E-state index is 4.79. The van der Waals surface area contributed by atoms with Gasteiger partial charge in [-0.1, -0.05) is 6.08 Å². The highest BCUT2D eigenvalue weighted by molar-refractivity contribution is 6.05. The molecule has 0 aromatic heterocycles. The molecule has 0 bridgehead atoms. The van der Waals surface area contributed by atoms with Crippen LogP contribution in [0.2, 0.25) is 0 Å². The molecular formula is C13H21N3. The van der Waals surface area contributed by atoms with Crippen LogP contribution in [0.3, 0.4) is 0 Å². The molecule has 88 valence electrons. The van der Waals surface area contributed by atoms with E-state index in [4.69, 9.17) is 4.99 Å². The second-order valence-corrected chi connectivity index (χ2v) is 4.98. The lowest BCUT2D eigenvalue weighted by Crippen LogP contribution is -2.52. The molecule has 3 heteroatoms. The Morgan fingerprint density at radius 2 is 2.19 bits per heavy atom. The van der Waals surface area contributed by atoms with Crippen LogP contribution in [0.1, 0.15) is 25.7 Å². The minimum absolute atomic E-state index is 0.627. The minimum Gasteiger partial charge on any atom is -0.314 e. The Morgan fingerprint density at radius 1 is 1.31 bits per heavy atom. The van der Waals surface area contributed by atoms with Gasteiger partial charge in [0.2, 0.25) is 0 Å². The van der Waals surface area contributed by atoms with Crippen LogP contribution < -0.4 is 5.32 Å². The predicted octanol–water partition coefficient (Wildman–Crippen LogP) is 1.22. The summed E-state index contributed by atoms with van der Waals surface area (Å²) in [6.45, 7) is 5.68. The van der Waals surface area contributed by atoms with Gasteiger partial charge in [-0.2, -0.15) is 0 Å². The van der Waals surface area contributed by atoms with Gasteiger partial charge in [-0.25, -0.2) is 0 Å². The van der Waals surface area contributed by atoms with E-state index < -0.39 is 0 Å². The van der Waals surface area contributed by atoms with Crippen molar-refractivity contribution in [3.05, 3.63) is 11.6 Å². The first-order chi connectivity index (χ1) is 7.95. The molecule has 1 N–H and O–H groups in total. The van der Waals surface area contributed by atoms with Crippen LogP contribution in [0.4, 0.5) is 0 Å². The number of aliphatic imine (C=N–C) groups is 1. The fraction of sp³-hybridized carbons (Fsp3) is 0.769. The van der Waals surface area contributed by atoms with Crippen LogP contribution in [0.25, 0.3) is 0 Å². The Hall–Kier alpha value is -0.670. The maximum Gasteiger partial charge on any atom is 0.0548 e. The minimum atomic E-state index is 0.627. The number of rotatable bonds is 1. The topological polar surface area (TPSA) is 27.6 Å². The van der Waals surface area contributed by atoms with Crippen molar-refractivity contribution in [2.45, 2.75) is 31.7 Å². The van der Waals surface area contributed by atoms with Crippen molar-refractivity contribution in [2.24, 2.45) is 4.99 Å². The summed E-state index contributed by atoms with van der Waals surface area (Å²) in [5.74, 6) is 0. The number of nitrogens with zero attached hydrogens (tertiary/aromatic N) is 2. The molecule has 3 nitrogen and oxygen atoms in total. The lowest BCUT2D eigenvalue weighted by atomic mass is 9.85. The quantitative estimate of drug-likeness (QED) is 0.718. The monoisotopic (exact) mass is 219 g/mol. The summed E-state index contributed by atoms with van der Waals surface area (Å²) in [5.41, 5.74) is 2.99. The zero-order valence-electron chi connectivity index (χ0n) is 9.91. The van der Waals surface area contributed by atoms with Gasteiger partial charge in [0.1, 0.15) is 0 Å². The summed E-state index contributed by atoms with van der Waals surface area (Å²) in [7, 11) is 0. The molecule has 0 spiro atoms. The molecule has 16 heavy (non-hydrogen) atoms. The first-order valence-electron chi connectivity index (χ1n) is 6.63. The van der Waals surface area contributed by atoms with Crippen molar-refractivity contribution < 1.29 is 0 Å². The zero-order chi connectivity index (χ0) is 10.8. The fourth-order valence-corrected chi connectivity index (χ4v) is 3.15. The Labute approximate surface area is 97.6 Å². The first-order valence-corrected chi connectivity index (χ1v) is 6.63. The number of hydrogen-bond donors (Lipinski definition) is 1. The van der Waals surface area contributed by atoms with Crippen molar-refractivity contribution in [1.29, 1.82) is 0 Å². The van der Waals surface area contributed by atoms with E-state index in [2.05, 4.69) is 16.3 Å². The number of fused-ring (bicyclic) bond motifs is 1. The van der Waals surface area contributed by atoms with Gasteiger partial charge in [0, 0.05) is 32.7 Å². The third kappa shape index (κ3) is 1.94. The SMILES string of the molecule is C1=C2CCCC(N3CCNCC3)C2=NCC1. The highest BCUT2D eigenvalue weighted by Gasteiger charge is 2.30. The van der Waals surface area contributed by atoms with Gasteiger partial charge in [0.15, 0.2) is 0 Å². The molecule has 3 aliphatic rings. The molecule has 3 rings (SSSR count). The average molecular weight is 219 g/mol. The fourth-order valence-electron chi connectivity index (χ4n) is 3.15. The van der Waals surface area contributed by atoms with E-state index in [0.29, 0.717) is 6.04 Å². The Morgan fingerprint density at radius 3 is 3.06 bits per heavy atom. The molecule has 1 aliphatic carbocycles. The van der Waals surface area contributed by atoms with Crippen LogP contribution in [0, 0.1) is 0 Å². The van der Waals surface area contributed by atoms with Crippen molar-refractivity contribution in [3.63, 3.8) is 0 Å². The van der Waals surface area contributed by atoms with Crippen LogP contribution in [0.5, 0.6) is 0 Å². The smallest absolute Gasteiger partial charge is 0.0548 e. The van der Waals surface area contributed by atoms with E-state index in [-0.39, 0.29) is 0 Å². The third-order valence-electron chi connectivity index (χ3n) is 3.96. The van der Waals surface area contributed by atoms with Gasteiger partial charge in [0.05, 0.1) is 11.8 Å². The van der Waals surface area contributed by atoms with Gasteiger partial charge < -0.3 is 5.32 Å². The number of dihydropyridines is 1. The van der Waals surface area contributed by atoms with Crippen LogP contribution >= 0.6 is 0 Å². The summed E-state index contributed by atoms with van der Waals surface area (Å²) >= 11 is 0.